The van der Waals surface area contributed by atoms with Gasteiger partial charge in [-0.25, -0.2) is 4.79 Å². The van der Waals surface area contributed by atoms with Crippen LogP contribution in [0.3, 0.4) is 0 Å². The molecule has 0 aliphatic heterocycles. The van der Waals surface area contributed by atoms with Gasteiger partial charge in [0.2, 0.25) is 0 Å². The Morgan fingerprint density at radius 3 is 2.73 bits per heavy atom. The van der Waals surface area contributed by atoms with Crippen LogP contribution in [0.4, 0.5) is 0 Å². The molecule has 0 heterocycles. The van der Waals surface area contributed by atoms with Crippen LogP contribution in [0.2, 0.25) is 0 Å². The van der Waals surface area contributed by atoms with E-state index in [4.69, 9.17) is 10.4 Å². The molecule has 0 aliphatic carbocycles. The Labute approximate surface area is 86.1 Å². The Bertz CT molecular complexity index is 434. The molecule has 0 aromatic heterocycles. The van der Waals surface area contributed by atoms with Crippen molar-refractivity contribution >= 4 is 5.97 Å². The largest absolute Gasteiger partial charge is 0.506 e. The zero-order valence-corrected chi connectivity index (χ0v) is 8.02. The summed E-state index contributed by atoms with van der Waals surface area (Å²) in [7, 11) is 1.17. The Kier molecular flexibility index (Phi) is 3.26. The average molecular weight is 207 g/mol. The number of aliphatic hydroxyl groups excluding tert-OH is 1. The maximum atomic E-state index is 11.1. The van der Waals surface area contributed by atoms with Gasteiger partial charge in [-0.1, -0.05) is 6.07 Å². The van der Waals surface area contributed by atoms with Gasteiger partial charge in [-0.2, -0.15) is 5.26 Å². The molecule has 0 amide bonds. The second-order valence-corrected chi connectivity index (χ2v) is 2.76. The molecule has 1 aromatic rings. The highest BCUT2D eigenvalue weighted by Crippen LogP contribution is 2.26. The average Bonchev–Trinajstić information content (AvgIpc) is 2.27. The van der Waals surface area contributed by atoms with Gasteiger partial charge in [-0.15, -0.1) is 0 Å². The van der Waals surface area contributed by atoms with Crippen LogP contribution in [0.25, 0.3) is 0 Å². The van der Waals surface area contributed by atoms with Crippen LogP contribution >= 0.6 is 0 Å². The fourth-order valence-electron chi connectivity index (χ4n) is 1.16. The van der Waals surface area contributed by atoms with Crippen molar-refractivity contribution in [1.82, 2.24) is 0 Å². The third-order valence-electron chi connectivity index (χ3n) is 1.95. The highest BCUT2D eigenvalue weighted by molar-refractivity contribution is 5.93. The number of nitrogens with zero attached hydrogens (tertiary/aromatic N) is 1. The fourth-order valence-corrected chi connectivity index (χ4v) is 1.16. The number of methoxy groups -OCH3 is 1. The standard InChI is InChI=1S/C10H9NO4/c1-15-10(14)7-3-2-6(5-12)8(4-11)9(7)13/h2-3,12-13H,5H2,1H3. The Hall–Kier alpha value is -2.06. The first-order valence-corrected chi connectivity index (χ1v) is 4.09. The number of nitriles is 1. The molecule has 0 radical (unpaired) electrons. The summed E-state index contributed by atoms with van der Waals surface area (Å²) < 4.78 is 4.42. The number of phenols is 1. The SMILES string of the molecule is COC(=O)c1ccc(CO)c(C#N)c1O. The van der Waals surface area contributed by atoms with Gasteiger partial charge < -0.3 is 14.9 Å². The number of aromatic hydroxyl groups is 1. The Balaban J connectivity index is 3.37. The third kappa shape index (κ3) is 1.90. The molecule has 0 fully saturated rings. The number of hydrogen-bond acceptors (Lipinski definition) is 5. The smallest absolute Gasteiger partial charge is 0.341 e. The molecule has 5 nitrogen and oxygen atoms in total. The van der Waals surface area contributed by atoms with Crippen LogP contribution in [0.1, 0.15) is 21.5 Å². The van der Waals surface area contributed by atoms with Crippen molar-refractivity contribution in [1.29, 1.82) is 5.26 Å². The molecule has 1 rings (SSSR count). The van der Waals surface area contributed by atoms with E-state index in [9.17, 15) is 9.90 Å². The number of aliphatic hydroxyl groups is 1. The number of ether oxygens (including phenoxy) is 1. The lowest BCUT2D eigenvalue weighted by atomic mass is 10.0. The molecule has 15 heavy (non-hydrogen) atoms. The van der Waals surface area contributed by atoms with E-state index in [1.165, 1.54) is 19.2 Å². The van der Waals surface area contributed by atoms with Crippen LogP contribution in [-0.4, -0.2) is 23.3 Å². The van der Waals surface area contributed by atoms with Crippen LogP contribution in [0, 0.1) is 11.3 Å². The van der Waals surface area contributed by atoms with Crippen molar-refractivity contribution in [2.75, 3.05) is 7.11 Å². The van der Waals surface area contributed by atoms with E-state index in [1.54, 1.807) is 6.07 Å². The third-order valence-corrected chi connectivity index (χ3v) is 1.95. The maximum Gasteiger partial charge on any atom is 0.341 e. The summed E-state index contributed by atoms with van der Waals surface area (Å²) in [5, 5.41) is 27.2. The van der Waals surface area contributed by atoms with Crippen LogP contribution in [0.15, 0.2) is 12.1 Å². The molecular formula is C10H9NO4. The minimum absolute atomic E-state index is 0.0914. The first-order chi connectivity index (χ1) is 7.15. The fraction of sp³-hybridized carbons (Fsp3) is 0.200. The van der Waals surface area contributed by atoms with E-state index in [1.807, 2.05) is 0 Å². The lowest BCUT2D eigenvalue weighted by molar-refractivity contribution is 0.0597. The summed E-state index contributed by atoms with van der Waals surface area (Å²) in [5.41, 5.74) is 0.0642. The van der Waals surface area contributed by atoms with Crippen molar-refractivity contribution in [3.63, 3.8) is 0 Å². The van der Waals surface area contributed by atoms with E-state index in [-0.39, 0.29) is 23.3 Å². The Morgan fingerprint density at radius 2 is 2.27 bits per heavy atom. The second-order valence-electron chi connectivity index (χ2n) is 2.76. The number of carbonyl (C=O) groups is 1. The van der Waals surface area contributed by atoms with Gasteiger partial charge in [0.15, 0.2) is 0 Å². The van der Waals surface area contributed by atoms with Gasteiger partial charge in [-0.3, -0.25) is 0 Å². The second kappa shape index (κ2) is 4.44. The number of carbonyl (C=O) groups excluding carboxylic acids is 1. The minimum atomic E-state index is -0.728. The number of benzene rings is 1. The summed E-state index contributed by atoms with van der Waals surface area (Å²) in [6.45, 7) is -0.377. The Morgan fingerprint density at radius 1 is 1.60 bits per heavy atom. The van der Waals surface area contributed by atoms with Crippen LogP contribution in [-0.2, 0) is 11.3 Å². The van der Waals surface area contributed by atoms with E-state index < -0.39 is 11.7 Å². The molecular weight excluding hydrogens is 198 g/mol. The van der Waals surface area contributed by atoms with Crippen molar-refractivity contribution < 1.29 is 19.7 Å². The molecule has 0 spiro atoms. The lowest BCUT2D eigenvalue weighted by Crippen LogP contribution is -2.04. The summed E-state index contributed by atoms with van der Waals surface area (Å²) in [5.74, 6) is -1.19. The molecule has 2 N–H and O–H groups in total. The van der Waals surface area contributed by atoms with Gasteiger partial charge >= 0.3 is 5.97 Å². The number of phenolic OH excluding ortho intramolecular Hbond substituents is 1. The first kappa shape index (κ1) is 11.0. The van der Waals surface area contributed by atoms with E-state index >= 15 is 0 Å². The molecule has 5 heteroatoms. The number of esters is 1. The normalized spacial score (nSPS) is 9.40. The summed E-state index contributed by atoms with van der Waals surface area (Å²) in [6.07, 6.45) is 0. The molecule has 0 unspecified atom stereocenters. The highest BCUT2D eigenvalue weighted by atomic mass is 16.5. The van der Waals surface area contributed by atoms with Crippen molar-refractivity contribution in [2.24, 2.45) is 0 Å². The maximum absolute atomic E-state index is 11.1. The van der Waals surface area contributed by atoms with Crippen molar-refractivity contribution in [3.8, 4) is 11.8 Å². The molecule has 0 saturated carbocycles. The van der Waals surface area contributed by atoms with Crippen molar-refractivity contribution in [2.45, 2.75) is 6.61 Å². The monoisotopic (exact) mass is 207 g/mol. The topological polar surface area (TPSA) is 90.5 Å². The zero-order chi connectivity index (χ0) is 11.4. The minimum Gasteiger partial charge on any atom is -0.506 e. The van der Waals surface area contributed by atoms with Crippen molar-refractivity contribution in [3.05, 3.63) is 28.8 Å². The molecule has 0 aliphatic rings. The van der Waals surface area contributed by atoms with Gasteiger partial charge in [-0.05, 0) is 11.6 Å². The van der Waals surface area contributed by atoms with Crippen LogP contribution in [0.5, 0.6) is 5.75 Å². The summed E-state index contributed by atoms with van der Waals surface area (Å²) >= 11 is 0. The zero-order valence-electron chi connectivity index (χ0n) is 8.02. The lowest BCUT2D eigenvalue weighted by Gasteiger charge is -2.06. The predicted molar refractivity (Wildman–Crippen MR) is 50.1 cm³/mol. The van der Waals surface area contributed by atoms with E-state index in [0.29, 0.717) is 0 Å². The van der Waals surface area contributed by atoms with Crippen LogP contribution < -0.4 is 0 Å². The van der Waals surface area contributed by atoms with Gasteiger partial charge in [0.1, 0.15) is 22.9 Å². The highest BCUT2D eigenvalue weighted by Gasteiger charge is 2.17. The molecule has 0 atom stereocenters. The molecule has 1 aromatic carbocycles. The first-order valence-electron chi connectivity index (χ1n) is 4.09. The number of rotatable bonds is 2. The number of hydrogen-bond donors (Lipinski definition) is 2. The van der Waals surface area contributed by atoms with Gasteiger partial charge in [0, 0.05) is 0 Å². The van der Waals surface area contributed by atoms with E-state index in [2.05, 4.69) is 4.74 Å². The van der Waals surface area contributed by atoms with E-state index in [0.717, 1.165) is 0 Å². The van der Waals surface area contributed by atoms with Gasteiger partial charge in [0.05, 0.1) is 13.7 Å². The quantitative estimate of drug-likeness (QED) is 0.691. The summed E-state index contributed by atoms with van der Waals surface area (Å²) in [4.78, 5) is 11.1. The predicted octanol–water partition coefficient (Wildman–Crippen LogP) is 0.543. The summed E-state index contributed by atoms with van der Waals surface area (Å²) in [6, 6.07) is 4.41. The molecule has 0 saturated heterocycles. The van der Waals surface area contributed by atoms with Gasteiger partial charge in [0.25, 0.3) is 0 Å². The molecule has 0 bridgehead atoms. The molecule has 78 valence electrons.